The fourth-order valence-electron chi connectivity index (χ4n) is 2.99. The summed E-state index contributed by atoms with van der Waals surface area (Å²) in [5.41, 5.74) is 2.10. The zero-order valence-electron chi connectivity index (χ0n) is 13.4. The van der Waals surface area contributed by atoms with Crippen molar-refractivity contribution in [1.82, 2.24) is 4.90 Å². The normalized spacial score (nSPS) is 15.7. The summed E-state index contributed by atoms with van der Waals surface area (Å²) in [5, 5.41) is 11.6. The molecule has 0 unspecified atom stereocenters. The first-order valence-electron chi connectivity index (χ1n) is 7.44. The molecule has 0 amide bonds. The summed E-state index contributed by atoms with van der Waals surface area (Å²) >= 11 is 0. The fraction of sp³-hybridized carbons (Fsp3) is 0.368. The molecule has 0 aliphatic heterocycles. The lowest BCUT2D eigenvalue weighted by molar-refractivity contribution is 0.0134. The van der Waals surface area contributed by atoms with Crippen molar-refractivity contribution in [2.24, 2.45) is 5.92 Å². The van der Waals surface area contributed by atoms with Crippen LogP contribution in [0.5, 0.6) is 0 Å². The highest BCUT2D eigenvalue weighted by molar-refractivity contribution is 5.38. The summed E-state index contributed by atoms with van der Waals surface area (Å²) in [6, 6.07) is 18.1. The highest BCUT2D eigenvalue weighted by atomic mass is 16.3. The Morgan fingerprint density at radius 3 is 2.19 bits per heavy atom. The van der Waals surface area contributed by atoms with Gasteiger partial charge in [-0.25, -0.2) is 0 Å². The Labute approximate surface area is 128 Å². The van der Waals surface area contributed by atoms with Crippen LogP contribution >= 0.6 is 0 Å². The van der Waals surface area contributed by atoms with Crippen LogP contribution in [0.1, 0.15) is 23.6 Å². The Balaban J connectivity index is 2.53. The van der Waals surface area contributed by atoms with Gasteiger partial charge < -0.3 is 10.0 Å². The average Bonchev–Trinajstić information content (AvgIpc) is 2.46. The van der Waals surface area contributed by atoms with Crippen molar-refractivity contribution >= 4 is 0 Å². The first-order chi connectivity index (χ1) is 9.94. The van der Waals surface area contributed by atoms with E-state index in [0.29, 0.717) is 0 Å². The van der Waals surface area contributed by atoms with Gasteiger partial charge >= 0.3 is 0 Å². The molecule has 2 aromatic rings. The lowest BCUT2D eigenvalue weighted by Crippen LogP contribution is -2.40. The lowest BCUT2D eigenvalue weighted by Gasteiger charge is -2.37. The molecule has 2 nitrogen and oxygen atoms in total. The van der Waals surface area contributed by atoms with Crippen LogP contribution in [0.2, 0.25) is 0 Å². The number of benzene rings is 2. The Bertz CT molecular complexity index is 579. The van der Waals surface area contributed by atoms with Crippen molar-refractivity contribution in [3.8, 4) is 0 Å². The first-order valence-corrected chi connectivity index (χ1v) is 7.44. The van der Waals surface area contributed by atoms with Gasteiger partial charge in [-0.15, -0.1) is 0 Å². The largest absolute Gasteiger partial charge is 0.380 e. The molecule has 2 rings (SSSR count). The quantitative estimate of drug-likeness (QED) is 0.909. The number of nitrogens with zero attached hydrogens (tertiary/aromatic N) is 1. The Kier molecular flexibility index (Phi) is 4.81. The van der Waals surface area contributed by atoms with E-state index in [4.69, 9.17) is 0 Å². The zero-order valence-corrected chi connectivity index (χ0v) is 13.4. The molecule has 2 atom stereocenters. The van der Waals surface area contributed by atoms with Crippen LogP contribution in [0, 0.1) is 12.8 Å². The minimum absolute atomic E-state index is 0.0803. The molecular weight excluding hydrogens is 258 g/mol. The van der Waals surface area contributed by atoms with Crippen LogP contribution in [0.4, 0.5) is 0 Å². The monoisotopic (exact) mass is 283 g/mol. The molecule has 0 aliphatic carbocycles. The number of hydrogen-bond donors (Lipinski definition) is 1. The average molecular weight is 283 g/mol. The molecule has 0 heterocycles. The van der Waals surface area contributed by atoms with Crippen molar-refractivity contribution in [3.63, 3.8) is 0 Å². The summed E-state index contributed by atoms with van der Waals surface area (Å²) in [7, 11) is 4.08. The Morgan fingerprint density at radius 2 is 1.62 bits per heavy atom. The fourth-order valence-corrected chi connectivity index (χ4v) is 2.99. The smallest absolute Gasteiger partial charge is 0.118 e. The van der Waals surface area contributed by atoms with Crippen molar-refractivity contribution in [3.05, 3.63) is 71.3 Å². The van der Waals surface area contributed by atoms with Crippen molar-refractivity contribution < 1.29 is 5.11 Å². The molecule has 2 aromatic carbocycles. The minimum atomic E-state index is -0.975. The molecule has 0 saturated heterocycles. The maximum atomic E-state index is 11.6. The molecule has 0 aromatic heterocycles. The summed E-state index contributed by atoms with van der Waals surface area (Å²) < 4.78 is 0. The van der Waals surface area contributed by atoms with Gasteiger partial charge in [0, 0.05) is 12.5 Å². The highest BCUT2D eigenvalue weighted by Crippen LogP contribution is 2.37. The van der Waals surface area contributed by atoms with E-state index < -0.39 is 5.60 Å². The van der Waals surface area contributed by atoms with E-state index in [1.165, 1.54) is 5.56 Å². The van der Waals surface area contributed by atoms with Gasteiger partial charge in [0.15, 0.2) is 0 Å². The molecule has 0 aliphatic rings. The molecule has 112 valence electrons. The minimum Gasteiger partial charge on any atom is -0.380 e. The van der Waals surface area contributed by atoms with Gasteiger partial charge in [-0.3, -0.25) is 0 Å². The third-order valence-electron chi connectivity index (χ3n) is 4.02. The molecule has 21 heavy (non-hydrogen) atoms. The van der Waals surface area contributed by atoms with Crippen LogP contribution in [0.25, 0.3) is 0 Å². The summed E-state index contributed by atoms with van der Waals surface area (Å²) in [6.07, 6.45) is 0. The lowest BCUT2D eigenvalue weighted by atomic mass is 9.76. The van der Waals surface area contributed by atoms with E-state index in [0.717, 1.165) is 17.7 Å². The molecular formula is C19H25NO. The number of rotatable bonds is 5. The van der Waals surface area contributed by atoms with Gasteiger partial charge in [-0.05, 0) is 32.1 Å². The van der Waals surface area contributed by atoms with Gasteiger partial charge in [-0.2, -0.15) is 0 Å². The van der Waals surface area contributed by atoms with Crippen molar-refractivity contribution in [2.45, 2.75) is 19.4 Å². The molecule has 2 heteroatoms. The summed E-state index contributed by atoms with van der Waals surface area (Å²) in [6.45, 7) is 4.99. The van der Waals surface area contributed by atoms with E-state index in [1.807, 2.05) is 56.6 Å². The second-order valence-corrected chi connectivity index (χ2v) is 6.17. The van der Waals surface area contributed by atoms with Crippen LogP contribution < -0.4 is 0 Å². The van der Waals surface area contributed by atoms with E-state index in [2.05, 4.69) is 30.9 Å². The van der Waals surface area contributed by atoms with Crippen LogP contribution in [-0.2, 0) is 5.60 Å². The van der Waals surface area contributed by atoms with E-state index in [1.54, 1.807) is 0 Å². The second-order valence-electron chi connectivity index (χ2n) is 6.17. The topological polar surface area (TPSA) is 23.5 Å². The third kappa shape index (κ3) is 3.34. The van der Waals surface area contributed by atoms with E-state index in [-0.39, 0.29) is 5.92 Å². The van der Waals surface area contributed by atoms with Crippen LogP contribution in [0.15, 0.2) is 54.6 Å². The predicted molar refractivity (Wildman–Crippen MR) is 88.3 cm³/mol. The summed E-state index contributed by atoms with van der Waals surface area (Å²) in [5.74, 6) is 0.0803. The number of hydrogen-bond acceptors (Lipinski definition) is 2. The Morgan fingerprint density at radius 1 is 1.00 bits per heavy atom. The van der Waals surface area contributed by atoms with E-state index in [9.17, 15) is 5.11 Å². The van der Waals surface area contributed by atoms with Crippen molar-refractivity contribution in [2.75, 3.05) is 20.6 Å². The maximum Gasteiger partial charge on any atom is 0.118 e. The van der Waals surface area contributed by atoms with Gasteiger partial charge in [0.05, 0.1) is 0 Å². The number of aliphatic hydroxyl groups is 1. The van der Waals surface area contributed by atoms with Gasteiger partial charge in [0.2, 0.25) is 0 Å². The standard InChI is InChI=1S/C19H25NO/c1-15-9-8-12-18(13-15)19(21,16(2)14-20(3)4)17-10-6-5-7-11-17/h5-13,16,21H,14H2,1-4H3/t16-,19-/m0/s1. The first kappa shape index (κ1) is 15.7. The van der Waals surface area contributed by atoms with Gasteiger partial charge in [-0.1, -0.05) is 67.1 Å². The van der Waals surface area contributed by atoms with Crippen LogP contribution in [-0.4, -0.2) is 30.6 Å². The third-order valence-corrected chi connectivity index (χ3v) is 4.02. The van der Waals surface area contributed by atoms with E-state index >= 15 is 0 Å². The van der Waals surface area contributed by atoms with Gasteiger partial charge in [0.1, 0.15) is 5.60 Å². The maximum absolute atomic E-state index is 11.6. The molecule has 0 saturated carbocycles. The molecule has 0 fully saturated rings. The zero-order chi connectivity index (χ0) is 15.5. The molecule has 0 radical (unpaired) electrons. The molecule has 0 spiro atoms. The predicted octanol–water partition coefficient (Wildman–Crippen LogP) is 3.43. The molecule has 1 N–H and O–H groups in total. The van der Waals surface area contributed by atoms with Crippen molar-refractivity contribution in [1.29, 1.82) is 0 Å². The number of aryl methyl sites for hydroxylation is 1. The summed E-state index contributed by atoms with van der Waals surface area (Å²) in [4.78, 5) is 2.12. The highest BCUT2D eigenvalue weighted by Gasteiger charge is 2.37. The Hall–Kier alpha value is -1.64. The van der Waals surface area contributed by atoms with Crippen LogP contribution in [0.3, 0.4) is 0 Å². The second kappa shape index (κ2) is 6.42. The van der Waals surface area contributed by atoms with Gasteiger partial charge in [0.25, 0.3) is 0 Å². The molecule has 0 bridgehead atoms. The SMILES string of the molecule is Cc1cccc([C@@](O)(c2ccccc2)[C@@H](C)CN(C)C)c1.